The molecule has 1 aliphatic carbocycles. The number of hydrogen-bond donors (Lipinski definition) is 2. The number of nitrogens with one attached hydrogen (secondary N) is 2. The number of rotatable bonds is 4. The van der Waals surface area contributed by atoms with E-state index >= 15 is 0 Å². The van der Waals surface area contributed by atoms with Crippen LogP contribution >= 0.6 is 0 Å². The fraction of sp³-hybridized carbons (Fsp3) is 0.278. The summed E-state index contributed by atoms with van der Waals surface area (Å²) in [6, 6.07) is 13.7. The first-order chi connectivity index (χ1) is 11.3. The summed E-state index contributed by atoms with van der Waals surface area (Å²) in [5.41, 5.74) is 2.65. The van der Waals surface area contributed by atoms with Gasteiger partial charge in [-0.1, -0.05) is 12.8 Å². The highest BCUT2D eigenvalue weighted by molar-refractivity contribution is 5.69. The number of nitrogens with zero attached hydrogens (tertiary/aromatic N) is 3. The fourth-order valence-electron chi connectivity index (χ4n) is 2.79. The van der Waals surface area contributed by atoms with E-state index in [0.29, 0.717) is 22.9 Å². The third-order valence-corrected chi connectivity index (χ3v) is 4.02. The van der Waals surface area contributed by atoms with Crippen LogP contribution in [0, 0.1) is 22.7 Å². The van der Waals surface area contributed by atoms with E-state index in [1.165, 1.54) is 25.7 Å². The summed E-state index contributed by atoms with van der Waals surface area (Å²) < 4.78 is 0. The molecule has 0 bridgehead atoms. The lowest BCUT2D eigenvalue weighted by atomic mass is 10.2. The lowest BCUT2D eigenvalue weighted by molar-refractivity contribution is 0.750. The van der Waals surface area contributed by atoms with Gasteiger partial charge in [0.2, 0.25) is 0 Å². The Morgan fingerprint density at radius 1 is 1.04 bits per heavy atom. The molecular weight excluding hydrogens is 286 g/mol. The molecule has 1 heterocycles. The van der Waals surface area contributed by atoms with E-state index in [0.717, 1.165) is 11.5 Å². The Hall–Kier alpha value is -3.05. The van der Waals surface area contributed by atoms with Crippen LogP contribution in [0.2, 0.25) is 0 Å². The second-order valence-corrected chi connectivity index (χ2v) is 5.67. The number of pyridine rings is 1. The Morgan fingerprint density at radius 3 is 2.43 bits per heavy atom. The molecule has 0 aliphatic heterocycles. The van der Waals surface area contributed by atoms with Crippen LogP contribution in [0.15, 0.2) is 36.5 Å². The van der Waals surface area contributed by atoms with Crippen molar-refractivity contribution in [3.8, 4) is 12.1 Å². The second-order valence-electron chi connectivity index (χ2n) is 5.67. The first-order valence-electron chi connectivity index (χ1n) is 7.72. The molecule has 2 N–H and O–H groups in total. The average molecular weight is 303 g/mol. The predicted molar refractivity (Wildman–Crippen MR) is 89.3 cm³/mol. The standard InChI is InChI=1S/C18H17N5/c19-10-13-5-7-16(8-6-13)22-17-9-18(21-12-14(17)11-20)23-15-3-1-2-4-15/h5-9,12,15H,1-4H2,(H2,21,22,23). The molecule has 5 heteroatoms. The number of benzene rings is 1. The zero-order valence-corrected chi connectivity index (χ0v) is 12.7. The van der Waals surface area contributed by atoms with Crippen LogP contribution in [0.25, 0.3) is 0 Å². The van der Waals surface area contributed by atoms with Crippen LogP contribution in [0.1, 0.15) is 36.8 Å². The predicted octanol–water partition coefficient (Wildman–Crippen LogP) is 3.92. The number of anilines is 3. The van der Waals surface area contributed by atoms with Gasteiger partial charge in [0, 0.05) is 24.0 Å². The SMILES string of the molecule is N#Cc1ccc(Nc2cc(NC3CCCC3)ncc2C#N)cc1. The topological polar surface area (TPSA) is 84.5 Å². The van der Waals surface area contributed by atoms with Gasteiger partial charge in [-0.15, -0.1) is 0 Å². The van der Waals surface area contributed by atoms with Gasteiger partial charge >= 0.3 is 0 Å². The van der Waals surface area contributed by atoms with Crippen LogP contribution in [-0.4, -0.2) is 11.0 Å². The van der Waals surface area contributed by atoms with Gasteiger partial charge < -0.3 is 10.6 Å². The van der Waals surface area contributed by atoms with E-state index in [-0.39, 0.29) is 0 Å². The largest absolute Gasteiger partial charge is 0.367 e. The highest BCUT2D eigenvalue weighted by Gasteiger charge is 2.15. The molecule has 0 radical (unpaired) electrons. The monoisotopic (exact) mass is 303 g/mol. The lowest BCUT2D eigenvalue weighted by Crippen LogP contribution is -2.15. The van der Waals surface area contributed by atoms with Gasteiger partial charge in [0.15, 0.2) is 0 Å². The molecule has 23 heavy (non-hydrogen) atoms. The molecule has 0 unspecified atom stereocenters. The maximum atomic E-state index is 9.26. The lowest BCUT2D eigenvalue weighted by Gasteiger charge is -2.15. The molecule has 0 amide bonds. The van der Waals surface area contributed by atoms with Crippen molar-refractivity contribution in [2.75, 3.05) is 10.6 Å². The van der Waals surface area contributed by atoms with Crippen molar-refractivity contribution in [3.63, 3.8) is 0 Å². The van der Waals surface area contributed by atoms with Crippen LogP contribution in [-0.2, 0) is 0 Å². The van der Waals surface area contributed by atoms with Crippen molar-refractivity contribution >= 4 is 17.2 Å². The van der Waals surface area contributed by atoms with Crippen molar-refractivity contribution in [2.45, 2.75) is 31.7 Å². The van der Waals surface area contributed by atoms with Crippen molar-refractivity contribution in [3.05, 3.63) is 47.7 Å². The summed E-state index contributed by atoms with van der Waals surface area (Å²) in [7, 11) is 0. The van der Waals surface area contributed by atoms with E-state index in [9.17, 15) is 5.26 Å². The summed E-state index contributed by atoms with van der Waals surface area (Å²) in [5.74, 6) is 0.784. The minimum absolute atomic E-state index is 0.471. The first kappa shape index (κ1) is 14.9. The molecule has 0 spiro atoms. The molecule has 1 aromatic carbocycles. The summed E-state index contributed by atoms with van der Waals surface area (Å²) in [6.45, 7) is 0. The average Bonchev–Trinajstić information content (AvgIpc) is 3.09. The Bertz CT molecular complexity index is 761. The number of aromatic nitrogens is 1. The van der Waals surface area contributed by atoms with Gasteiger partial charge in [0.1, 0.15) is 11.9 Å². The highest BCUT2D eigenvalue weighted by atomic mass is 15.0. The van der Waals surface area contributed by atoms with Gasteiger partial charge in [-0.25, -0.2) is 4.98 Å². The zero-order chi connectivity index (χ0) is 16.1. The highest BCUT2D eigenvalue weighted by Crippen LogP contribution is 2.26. The summed E-state index contributed by atoms with van der Waals surface area (Å²) in [6.07, 6.45) is 6.43. The van der Waals surface area contributed by atoms with Crippen LogP contribution in [0.4, 0.5) is 17.2 Å². The Kier molecular flexibility index (Phi) is 4.40. The molecule has 2 aromatic rings. The fourth-order valence-corrected chi connectivity index (χ4v) is 2.79. The molecule has 1 fully saturated rings. The van der Waals surface area contributed by atoms with Crippen molar-refractivity contribution in [1.29, 1.82) is 10.5 Å². The van der Waals surface area contributed by atoms with Crippen LogP contribution < -0.4 is 10.6 Å². The Morgan fingerprint density at radius 2 is 1.78 bits per heavy atom. The Labute approximate surface area is 135 Å². The first-order valence-corrected chi connectivity index (χ1v) is 7.72. The maximum absolute atomic E-state index is 9.26. The molecule has 1 saturated carbocycles. The van der Waals surface area contributed by atoms with Gasteiger partial charge in [0.05, 0.1) is 22.9 Å². The van der Waals surface area contributed by atoms with E-state index in [4.69, 9.17) is 5.26 Å². The van der Waals surface area contributed by atoms with Gasteiger partial charge in [-0.3, -0.25) is 0 Å². The van der Waals surface area contributed by atoms with Gasteiger partial charge in [-0.2, -0.15) is 10.5 Å². The molecule has 0 atom stereocenters. The van der Waals surface area contributed by atoms with Crippen LogP contribution in [0.5, 0.6) is 0 Å². The van der Waals surface area contributed by atoms with E-state index in [1.807, 2.05) is 18.2 Å². The number of hydrogen-bond acceptors (Lipinski definition) is 5. The molecule has 0 saturated heterocycles. The summed E-state index contributed by atoms with van der Waals surface area (Å²) in [5, 5.41) is 24.8. The van der Waals surface area contributed by atoms with Crippen LogP contribution in [0.3, 0.4) is 0 Å². The molecule has 1 aromatic heterocycles. The molecule has 3 rings (SSSR count). The third-order valence-electron chi connectivity index (χ3n) is 4.02. The minimum Gasteiger partial charge on any atom is -0.367 e. The van der Waals surface area contributed by atoms with Gasteiger partial charge in [0.25, 0.3) is 0 Å². The van der Waals surface area contributed by atoms with E-state index < -0.39 is 0 Å². The van der Waals surface area contributed by atoms with E-state index in [1.54, 1.807) is 18.3 Å². The summed E-state index contributed by atoms with van der Waals surface area (Å²) in [4.78, 5) is 4.33. The molecule has 1 aliphatic rings. The van der Waals surface area contributed by atoms with Crippen molar-refractivity contribution < 1.29 is 0 Å². The third kappa shape index (κ3) is 3.59. The normalized spacial score (nSPS) is 14.0. The zero-order valence-electron chi connectivity index (χ0n) is 12.7. The smallest absolute Gasteiger partial charge is 0.128 e. The molecule has 5 nitrogen and oxygen atoms in total. The minimum atomic E-state index is 0.471. The van der Waals surface area contributed by atoms with Gasteiger partial charge in [-0.05, 0) is 37.1 Å². The summed E-state index contributed by atoms with van der Waals surface area (Å²) >= 11 is 0. The van der Waals surface area contributed by atoms with E-state index in [2.05, 4.69) is 27.8 Å². The quantitative estimate of drug-likeness (QED) is 0.894. The number of nitriles is 2. The second kappa shape index (κ2) is 6.81. The van der Waals surface area contributed by atoms with Crippen molar-refractivity contribution in [2.24, 2.45) is 0 Å². The van der Waals surface area contributed by atoms with Crippen molar-refractivity contribution in [1.82, 2.24) is 4.98 Å². The Balaban J connectivity index is 1.80. The maximum Gasteiger partial charge on any atom is 0.128 e. The molecule has 114 valence electrons. The molecular formula is C18H17N5.